The molecule has 17 unspecified atom stereocenters. The van der Waals surface area contributed by atoms with Crippen LogP contribution in [0.1, 0.15) is 103 Å². The molecule has 9 rings (SSSR count). The zero-order chi connectivity index (χ0) is 33.3. The Kier molecular flexibility index (Phi) is 11.1. The van der Waals surface area contributed by atoms with Crippen LogP contribution in [0.3, 0.4) is 0 Å². The smallest absolute Gasteiger partial charge is 0.304 e. The summed E-state index contributed by atoms with van der Waals surface area (Å²) < 4.78 is 29.6. The second kappa shape index (κ2) is 15.1. The molecule has 0 spiro atoms. The number of hydrogen-bond donors (Lipinski definition) is 10. The molecule has 0 aromatic rings. The van der Waals surface area contributed by atoms with E-state index in [1.165, 1.54) is 77.0 Å². The number of sulfonamides is 1. The molecule has 9 aliphatic rings. The molecule has 0 aromatic heterocycles. The van der Waals surface area contributed by atoms with Crippen LogP contribution in [-0.4, -0.2) is 80.6 Å². The van der Waals surface area contributed by atoms with E-state index in [-0.39, 0.29) is 75.4 Å². The molecule has 0 radical (unpaired) electrons. The topological polar surface area (TPSA) is 180 Å². The average molecular weight is 769 g/mol. The average Bonchev–Trinajstić information content (AvgIpc) is 3.83. The number of aliphatic carboxylic acids is 1. The Labute approximate surface area is 311 Å². The first-order valence-electron chi connectivity index (χ1n) is 20.1. The molecule has 0 aromatic carbocycles. The maximum atomic E-state index is 13.5. The van der Waals surface area contributed by atoms with Crippen LogP contribution in [0.25, 0.3) is 0 Å². The predicted octanol–water partition coefficient (Wildman–Crippen LogP) is 0.976. The fourth-order valence-electron chi connectivity index (χ4n) is 12.6. The molecule has 13 nitrogen and oxygen atoms in total. The van der Waals surface area contributed by atoms with Gasteiger partial charge < -0.3 is 5.11 Å². The fraction of sp³-hybridized carbons (Fsp3) is 0.971. The molecule has 5 aliphatic heterocycles. The van der Waals surface area contributed by atoms with Crippen molar-refractivity contribution in [3.63, 3.8) is 0 Å². The van der Waals surface area contributed by atoms with Gasteiger partial charge >= 0.3 is 5.97 Å². The minimum absolute atomic E-state index is 0. The third-order valence-electron chi connectivity index (χ3n) is 14.9. The Bertz CT molecular complexity index is 1330. The van der Waals surface area contributed by atoms with E-state index in [0.29, 0.717) is 66.6 Å². The summed E-state index contributed by atoms with van der Waals surface area (Å²) in [5, 5.41) is 41.5. The summed E-state index contributed by atoms with van der Waals surface area (Å²) in [6.07, 6.45) is 18.7. The van der Waals surface area contributed by atoms with E-state index in [1.807, 2.05) is 0 Å². The van der Waals surface area contributed by atoms with Crippen LogP contribution in [0.15, 0.2) is 0 Å². The van der Waals surface area contributed by atoms with Crippen LogP contribution in [0, 0.1) is 47.3 Å². The van der Waals surface area contributed by atoms with Crippen LogP contribution >= 0.6 is 0 Å². The molecule has 278 valence electrons. The third kappa shape index (κ3) is 6.90. The number of carboxylic acid groups (broad SMARTS) is 1. The number of hydrogen-bond acceptors (Lipinski definition) is 11. The largest absolute Gasteiger partial charge is 0.481 e. The summed E-state index contributed by atoms with van der Waals surface area (Å²) in [4.78, 5) is 11.1. The van der Waals surface area contributed by atoms with Crippen molar-refractivity contribution in [2.24, 2.45) is 47.3 Å². The fourth-order valence-corrected chi connectivity index (χ4v) is 14.2. The number of nitrogens with one attached hydrogen (secondary N) is 9. The molecule has 5 saturated heterocycles. The van der Waals surface area contributed by atoms with Crippen LogP contribution in [0.4, 0.5) is 0 Å². The van der Waals surface area contributed by atoms with Crippen LogP contribution < -0.4 is 47.3 Å². The van der Waals surface area contributed by atoms with E-state index in [2.05, 4.69) is 47.3 Å². The molecular formula is C35H61N9O4SZn. The predicted molar refractivity (Wildman–Crippen MR) is 186 cm³/mol. The second-order valence-corrected chi connectivity index (χ2v) is 19.4. The summed E-state index contributed by atoms with van der Waals surface area (Å²) in [5.74, 6) is 3.04. The summed E-state index contributed by atoms with van der Waals surface area (Å²) >= 11 is 0. The first-order chi connectivity index (χ1) is 23.8. The van der Waals surface area contributed by atoms with Crippen molar-refractivity contribution < 1.29 is 37.8 Å². The molecular weight excluding hydrogens is 708 g/mol. The molecule has 4 aliphatic carbocycles. The molecule has 15 heteroatoms. The van der Waals surface area contributed by atoms with Crippen molar-refractivity contribution in [2.45, 2.75) is 157 Å². The molecule has 10 N–H and O–H groups in total. The number of rotatable bonds is 5. The van der Waals surface area contributed by atoms with Crippen molar-refractivity contribution in [2.75, 3.05) is 6.54 Å². The second-order valence-electron chi connectivity index (χ2n) is 17.3. The van der Waals surface area contributed by atoms with Gasteiger partial charge in [-0.3, -0.25) is 47.3 Å². The van der Waals surface area contributed by atoms with Crippen LogP contribution in [0.2, 0.25) is 0 Å². The quantitative estimate of drug-likeness (QED) is 0.180. The normalized spacial score (nSPS) is 50.0. The Balaban J connectivity index is 0.00000361. The van der Waals surface area contributed by atoms with Crippen molar-refractivity contribution >= 4 is 16.0 Å². The van der Waals surface area contributed by atoms with Gasteiger partial charge in [-0.15, -0.1) is 0 Å². The van der Waals surface area contributed by atoms with E-state index >= 15 is 0 Å². The summed E-state index contributed by atoms with van der Waals surface area (Å²) in [6, 6.07) is 0. The van der Waals surface area contributed by atoms with E-state index in [1.54, 1.807) is 0 Å². The van der Waals surface area contributed by atoms with Crippen molar-refractivity contribution in [1.82, 2.24) is 47.3 Å². The summed E-state index contributed by atoms with van der Waals surface area (Å²) in [6.45, 7) is -0.0563. The zero-order valence-electron chi connectivity index (χ0n) is 29.6. The SMILES string of the molecule is O=C(O)CCNS(=O)(=O)C1CCC2C3NC4NC(NC5NC(NC6NC(NC(N3)C2C1)C1CCCCC61)C1CCCCC51)C1CCCCC41.[Zn]. The van der Waals surface area contributed by atoms with Crippen LogP contribution in [0.5, 0.6) is 0 Å². The van der Waals surface area contributed by atoms with Gasteiger partial charge in [-0.1, -0.05) is 38.5 Å². The van der Waals surface area contributed by atoms with E-state index in [4.69, 9.17) is 5.11 Å². The molecule has 17 atom stereocenters. The first kappa shape index (κ1) is 36.6. The minimum Gasteiger partial charge on any atom is -0.481 e. The summed E-state index contributed by atoms with van der Waals surface area (Å²) in [5.41, 5.74) is 0. The van der Waals surface area contributed by atoms with E-state index in [0.717, 1.165) is 6.42 Å². The molecule has 9 fully saturated rings. The van der Waals surface area contributed by atoms with E-state index < -0.39 is 21.2 Å². The summed E-state index contributed by atoms with van der Waals surface area (Å²) in [7, 11) is -3.62. The van der Waals surface area contributed by atoms with Crippen molar-refractivity contribution in [3.8, 4) is 0 Å². The van der Waals surface area contributed by atoms with Crippen molar-refractivity contribution in [3.05, 3.63) is 0 Å². The molecule has 50 heavy (non-hydrogen) atoms. The third-order valence-corrected chi connectivity index (χ3v) is 16.8. The van der Waals surface area contributed by atoms with Crippen LogP contribution in [-0.2, 0) is 34.3 Å². The van der Waals surface area contributed by atoms with Gasteiger partial charge in [-0.2, -0.15) is 0 Å². The minimum atomic E-state index is -3.62. The Morgan fingerprint density at radius 2 is 0.800 bits per heavy atom. The molecule has 0 amide bonds. The number of carboxylic acids is 1. The molecule has 4 saturated carbocycles. The molecule has 5 heterocycles. The Morgan fingerprint density at radius 1 is 0.500 bits per heavy atom. The zero-order valence-corrected chi connectivity index (χ0v) is 33.4. The van der Waals surface area contributed by atoms with Gasteiger partial charge in [0.05, 0.1) is 61.0 Å². The Morgan fingerprint density at radius 3 is 1.12 bits per heavy atom. The van der Waals surface area contributed by atoms with Crippen molar-refractivity contribution in [1.29, 1.82) is 0 Å². The van der Waals surface area contributed by atoms with Gasteiger partial charge in [-0.25, -0.2) is 13.1 Å². The molecule has 8 bridgehead atoms. The van der Waals surface area contributed by atoms with Gasteiger partial charge in [0.1, 0.15) is 0 Å². The van der Waals surface area contributed by atoms with Gasteiger partial charge in [0, 0.05) is 26.0 Å². The Hall–Kier alpha value is -0.317. The maximum absolute atomic E-state index is 13.5. The standard InChI is InChI=1S/C35H61N9O4S.Zn/c45-27(46)15-16-36-49(47,48)18-13-14-25-26(17-18)35-43-33-24-12-6-5-11-23(24)31(41-33)39-29-20-8-2-1-7-19(20)28(37-29)38-30-21-9-3-4-10-22(21)32(40-30)42-34(25)44-35;/h18-26,28-44H,1-17H2,(H,45,46);. The van der Waals surface area contributed by atoms with Gasteiger partial charge in [0.25, 0.3) is 0 Å². The van der Waals surface area contributed by atoms with Gasteiger partial charge in [0.15, 0.2) is 0 Å². The monoisotopic (exact) mass is 767 g/mol. The van der Waals surface area contributed by atoms with Gasteiger partial charge in [-0.05, 0) is 105 Å². The first-order valence-corrected chi connectivity index (χ1v) is 21.7. The maximum Gasteiger partial charge on any atom is 0.304 e. The van der Waals surface area contributed by atoms with Gasteiger partial charge in [0.2, 0.25) is 10.0 Å². The number of fused-ring (bicyclic) bond motifs is 20. The van der Waals surface area contributed by atoms with E-state index in [9.17, 15) is 13.2 Å². The number of carbonyl (C=O) groups is 1.